The first kappa shape index (κ1) is 18.1. The van der Waals surface area contributed by atoms with E-state index in [9.17, 15) is 0 Å². The van der Waals surface area contributed by atoms with Crippen LogP contribution in [0.3, 0.4) is 0 Å². The Morgan fingerprint density at radius 2 is 1.20 bits per heavy atom. The van der Waals surface area contributed by atoms with E-state index in [4.69, 9.17) is 4.98 Å². The average molecular weight is 391 g/mol. The second kappa shape index (κ2) is 7.48. The normalized spacial score (nSPS) is 11.0. The van der Waals surface area contributed by atoms with Crippen LogP contribution in [0.5, 0.6) is 0 Å². The first-order valence-corrected chi connectivity index (χ1v) is 10.1. The van der Waals surface area contributed by atoms with Gasteiger partial charge in [-0.2, -0.15) is 0 Å². The summed E-state index contributed by atoms with van der Waals surface area (Å²) in [6.45, 7) is 4.16. The molecule has 146 valence electrons. The molecule has 0 saturated carbocycles. The smallest absolute Gasteiger partial charge is 0.285 e. The maximum Gasteiger partial charge on any atom is 0.285 e. The minimum absolute atomic E-state index is 0.884. The molecular formula is C26H23N4+. The number of H-pyrrole nitrogens is 3. The predicted molar refractivity (Wildman–Crippen MR) is 121 cm³/mol. The molecule has 3 aromatic carbocycles. The van der Waals surface area contributed by atoms with Gasteiger partial charge in [0.1, 0.15) is 11.5 Å². The molecule has 0 saturated heterocycles. The van der Waals surface area contributed by atoms with E-state index >= 15 is 0 Å². The van der Waals surface area contributed by atoms with Crippen molar-refractivity contribution in [3.8, 4) is 45.3 Å². The van der Waals surface area contributed by atoms with Crippen molar-refractivity contribution in [3.63, 3.8) is 0 Å². The monoisotopic (exact) mass is 391 g/mol. The van der Waals surface area contributed by atoms with Crippen LogP contribution in [0.2, 0.25) is 0 Å². The summed E-state index contributed by atoms with van der Waals surface area (Å²) < 4.78 is 0. The Labute approximate surface area is 175 Å². The standard InChI is InChI=1S/C26H22N4/c1-17-23(19-9-5-3-6-10-19)29-25(27-17)21-13-15-22(16-14-21)26-28-18(2)24(30-26)20-11-7-4-8-12-20/h3-16H,1-2H3,(H,27,29)(H,28,30)/p+1. The Morgan fingerprint density at radius 3 is 1.87 bits per heavy atom. The topological polar surface area (TPSA) is 58.6 Å². The van der Waals surface area contributed by atoms with Gasteiger partial charge in [0.15, 0.2) is 5.69 Å². The molecule has 5 rings (SSSR count). The van der Waals surface area contributed by atoms with Crippen LogP contribution in [0, 0.1) is 13.8 Å². The highest BCUT2D eigenvalue weighted by Crippen LogP contribution is 2.27. The number of hydrogen-bond acceptors (Lipinski definition) is 1. The summed E-state index contributed by atoms with van der Waals surface area (Å²) in [5, 5.41) is 0. The number of aryl methyl sites for hydroxylation is 2. The van der Waals surface area contributed by atoms with Gasteiger partial charge in [-0.3, -0.25) is 0 Å². The van der Waals surface area contributed by atoms with Crippen molar-refractivity contribution in [1.29, 1.82) is 0 Å². The fourth-order valence-electron chi connectivity index (χ4n) is 3.81. The van der Waals surface area contributed by atoms with Gasteiger partial charge < -0.3 is 4.98 Å². The van der Waals surface area contributed by atoms with Gasteiger partial charge in [-0.15, -0.1) is 0 Å². The summed E-state index contributed by atoms with van der Waals surface area (Å²) >= 11 is 0. The summed E-state index contributed by atoms with van der Waals surface area (Å²) in [5.41, 5.74) is 8.77. The van der Waals surface area contributed by atoms with Gasteiger partial charge in [-0.05, 0) is 19.1 Å². The lowest BCUT2D eigenvalue weighted by Crippen LogP contribution is -2.05. The first-order valence-electron chi connectivity index (χ1n) is 10.1. The summed E-state index contributed by atoms with van der Waals surface area (Å²) in [5.74, 6) is 1.88. The van der Waals surface area contributed by atoms with Crippen molar-refractivity contribution in [1.82, 2.24) is 15.0 Å². The molecule has 0 spiro atoms. The van der Waals surface area contributed by atoms with Crippen LogP contribution in [-0.2, 0) is 0 Å². The van der Waals surface area contributed by atoms with Crippen LogP contribution < -0.4 is 4.98 Å². The molecule has 4 heteroatoms. The van der Waals surface area contributed by atoms with E-state index in [2.05, 4.69) is 89.5 Å². The van der Waals surface area contributed by atoms with Gasteiger partial charge in [-0.1, -0.05) is 72.8 Å². The van der Waals surface area contributed by atoms with E-state index in [-0.39, 0.29) is 0 Å². The number of imidazole rings is 2. The van der Waals surface area contributed by atoms with Crippen LogP contribution >= 0.6 is 0 Å². The van der Waals surface area contributed by atoms with Gasteiger partial charge in [0.2, 0.25) is 0 Å². The Hall–Kier alpha value is -3.92. The van der Waals surface area contributed by atoms with Crippen LogP contribution in [-0.4, -0.2) is 15.0 Å². The molecule has 3 N–H and O–H groups in total. The van der Waals surface area contributed by atoms with Crippen LogP contribution in [0.4, 0.5) is 0 Å². The van der Waals surface area contributed by atoms with Gasteiger partial charge in [-0.25, -0.2) is 15.0 Å². The fourth-order valence-corrected chi connectivity index (χ4v) is 3.81. The molecule has 0 unspecified atom stereocenters. The van der Waals surface area contributed by atoms with Crippen molar-refractivity contribution in [3.05, 3.63) is 96.3 Å². The highest BCUT2D eigenvalue weighted by Gasteiger charge is 2.17. The summed E-state index contributed by atoms with van der Waals surface area (Å²) in [6, 6.07) is 29.1. The molecule has 0 atom stereocenters. The average Bonchev–Trinajstić information content (AvgIpc) is 3.38. The van der Waals surface area contributed by atoms with E-state index in [1.165, 1.54) is 5.56 Å². The zero-order valence-electron chi connectivity index (χ0n) is 17.0. The molecule has 0 aliphatic rings. The van der Waals surface area contributed by atoms with E-state index in [0.29, 0.717) is 0 Å². The lowest BCUT2D eigenvalue weighted by molar-refractivity contribution is -0.349. The number of nitrogens with one attached hydrogen (secondary N) is 3. The number of aromatic amines is 3. The van der Waals surface area contributed by atoms with E-state index in [0.717, 1.165) is 51.1 Å². The van der Waals surface area contributed by atoms with Crippen LogP contribution in [0.1, 0.15) is 11.4 Å². The van der Waals surface area contributed by atoms with E-state index in [1.807, 2.05) is 24.3 Å². The number of hydrogen-bond donors (Lipinski definition) is 2. The number of nitrogens with zero attached hydrogens (tertiary/aromatic N) is 1. The van der Waals surface area contributed by atoms with Gasteiger partial charge in [0.25, 0.3) is 5.82 Å². The molecule has 0 radical (unpaired) electrons. The van der Waals surface area contributed by atoms with Crippen molar-refractivity contribution >= 4 is 0 Å². The molecule has 4 nitrogen and oxygen atoms in total. The second-order valence-corrected chi connectivity index (χ2v) is 7.49. The lowest BCUT2D eigenvalue weighted by atomic mass is 10.1. The predicted octanol–water partition coefficient (Wildman–Crippen LogP) is 5.84. The zero-order valence-corrected chi connectivity index (χ0v) is 17.0. The molecule has 0 amide bonds. The van der Waals surface area contributed by atoms with Gasteiger partial charge in [0, 0.05) is 29.3 Å². The van der Waals surface area contributed by atoms with E-state index in [1.54, 1.807) is 0 Å². The molecule has 0 bridgehead atoms. The highest BCUT2D eigenvalue weighted by molar-refractivity contribution is 5.69. The number of aromatic nitrogens is 4. The molecule has 0 aliphatic carbocycles. The van der Waals surface area contributed by atoms with Crippen molar-refractivity contribution < 1.29 is 4.98 Å². The van der Waals surface area contributed by atoms with Crippen LogP contribution in [0.25, 0.3) is 45.3 Å². The van der Waals surface area contributed by atoms with Crippen LogP contribution in [0.15, 0.2) is 84.9 Å². The van der Waals surface area contributed by atoms with Gasteiger partial charge in [0.05, 0.1) is 11.3 Å². The third-order valence-corrected chi connectivity index (χ3v) is 5.38. The first-order chi connectivity index (χ1) is 14.7. The minimum Gasteiger partial charge on any atom is -0.342 e. The largest absolute Gasteiger partial charge is 0.342 e. The fraction of sp³-hybridized carbons (Fsp3) is 0.0769. The second-order valence-electron chi connectivity index (χ2n) is 7.49. The third-order valence-electron chi connectivity index (χ3n) is 5.38. The maximum atomic E-state index is 4.84. The van der Waals surface area contributed by atoms with Crippen molar-refractivity contribution in [2.45, 2.75) is 13.8 Å². The molecule has 2 aromatic heterocycles. The molecule has 5 aromatic rings. The summed E-state index contributed by atoms with van der Waals surface area (Å²) in [4.78, 5) is 15.3. The summed E-state index contributed by atoms with van der Waals surface area (Å²) in [6.07, 6.45) is 0. The Kier molecular flexibility index (Phi) is 4.52. The highest BCUT2D eigenvalue weighted by atomic mass is 14.9. The Bertz CT molecular complexity index is 1180. The SMILES string of the molecule is Cc1[nH]c(-c2ccc(-c3[nH]c(C)c(-c4ccccc4)[nH+]3)cc2)nc1-c1ccccc1. The molecule has 2 heterocycles. The molecular weight excluding hydrogens is 368 g/mol. The van der Waals surface area contributed by atoms with Crippen molar-refractivity contribution in [2.75, 3.05) is 0 Å². The van der Waals surface area contributed by atoms with Crippen molar-refractivity contribution in [2.24, 2.45) is 0 Å². The minimum atomic E-state index is 0.884. The lowest BCUT2D eigenvalue weighted by Gasteiger charge is -1.98. The maximum absolute atomic E-state index is 4.84. The molecule has 0 aliphatic heterocycles. The zero-order chi connectivity index (χ0) is 20.5. The third kappa shape index (κ3) is 3.33. The number of benzene rings is 3. The molecule has 0 fully saturated rings. The Morgan fingerprint density at radius 1 is 0.600 bits per heavy atom. The molecule has 30 heavy (non-hydrogen) atoms. The quantitative estimate of drug-likeness (QED) is 0.397. The number of rotatable bonds is 4. The Balaban J connectivity index is 1.45. The van der Waals surface area contributed by atoms with Gasteiger partial charge >= 0.3 is 0 Å². The summed E-state index contributed by atoms with van der Waals surface area (Å²) in [7, 11) is 0. The van der Waals surface area contributed by atoms with E-state index < -0.39 is 0 Å².